The summed E-state index contributed by atoms with van der Waals surface area (Å²) in [5.74, 6) is -0.236. The van der Waals surface area contributed by atoms with Gasteiger partial charge in [0, 0.05) is 10.5 Å². The summed E-state index contributed by atoms with van der Waals surface area (Å²) in [7, 11) is -2.82. The summed E-state index contributed by atoms with van der Waals surface area (Å²) in [6.45, 7) is 4.13. The number of hydrogen-bond acceptors (Lipinski definition) is 8. The molecular weight excluding hydrogens is 460 g/mol. The summed E-state index contributed by atoms with van der Waals surface area (Å²) in [5.41, 5.74) is 1.95. The highest BCUT2D eigenvalue weighted by Crippen LogP contribution is 2.35. The van der Waals surface area contributed by atoms with Gasteiger partial charge in [-0.3, -0.25) is 4.28 Å². The van der Waals surface area contributed by atoms with Crippen molar-refractivity contribution in [3.63, 3.8) is 0 Å². The van der Waals surface area contributed by atoms with E-state index in [1.54, 1.807) is 48.6 Å². The molecule has 0 amide bonds. The topological polar surface area (TPSA) is 106 Å². The molecule has 1 aliphatic heterocycles. The minimum Gasteiger partial charge on any atom is -0.465 e. The number of thioether (sulfide) groups is 1. The Hall–Kier alpha value is -3.35. The lowest BCUT2D eigenvalue weighted by atomic mass is 9.99. The van der Waals surface area contributed by atoms with E-state index in [4.69, 9.17) is 9.02 Å². The first-order valence-corrected chi connectivity index (χ1v) is 12.3. The van der Waals surface area contributed by atoms with Crippen molar-refractivity contribution in [2.45, 2.75) is 31.1 Å². The van der Waals surface area contributed by atoms with Gasteiger partial charge >= 0.3 is 16.1 Å². The van der Waals surface area contributed by atoms with E-state index in [1.165, 1.54) is 19.2 Å². The second-order valence-corrected chi connectivity index (χ2v) is 9.75. The number of allylic oxidation sites excluding steroid dienone is 2. The van der Waals surface area contributed by atoms with E-state index in [0.717, 1.165) is 23.7 Å². The van der Waals surface area contributed by atoms with Crippen LogP contribution in [0.3, 0.4) is 0 Å². The fourth-order valence-electron chi connectivity index (χ4n) is 3.08. The van der Waals surface area contributed by atoms with E-state index < -0.39 is 16.1 Å². The van der Waals surface area contributed by atoms with Gasteiger partial charge in [-0.2, -0.15) is 13.7 Å². The largest absolute Gasteiger partial charge is 0.465 e. The van der Waals surface area contributed by atoms with Crippen molar-refractivity contribution in [3.8, 4) is 6.07 Å². The van der Waals surface area contributed by atoms with Crippen LogP contribution in [0.15, 0.2) is 75.6 Å². The number of carbonyl (C=O) groups excluding carboxylic acids is 1. The SMILES string of the molecule is CCC(C)c1ccc(S(=O)(=O)ON=C2C=CC(=C(C#N)c3ccccc3C(=O)OC)S2)cc1. The molecule has 1 aliphatic rings. The molecule has 0 radical (unpaired) electrons. The first kappa shape index (κ1) is 24.3. The van der Waals surface area contributed by atoms with Gasteiger partial charge in [0.05, 0.1) is 18.2 Å². The van der Waals surface area contributed by atoms with Gasteiger partial charge in [0.25, 0.3) is 0 Å². The van der Waals surface area contributed by atoms with Gasteiger partial charge < -0.3 is 4.74 Å². The quantitative estimate of drug-likeness (QED) is 0.302. The van der Waals surface area contributed by atoms with Crippen molar-refractivity contribution < 1.29 is 22.2 Å². The van der Waals surface area contributed by atoms with Crippen molar-refractivity contribution in [2.75, 3.05) is 7.11 Å². The summed E-state index contributed by atoms with van der Waals surface area (Å²) in [6.07, 6.45) is 4.11. The second kappa shape index (κ2) is 10.5. The molecule has 3 rings (SSSR count). The second-order valence-electron chi connectivity index (χ2n) is 7.16. The number of hydrogen-bond donors (Lipinski definition) is 0. The summed E-state index contributed by atoms with van der Waals surface area (Å²) in [6, 6.07) is 15.2. The molecular formula is C24H22N2O5S2. The Morgan fingerprint density at radius 2 is 1.79 bits per heavy atom. The highest BCUT2D eigenvalue weighted by molar-refractivity contribution is 8.18. The normalized spacial score (nSPS) is 16.8. The van der Waals surface area contributed by atoms with Gasteiger partial charge in [0.15, 0.2) is 0 Å². The Labute approximate surface area is 197 Å². The first-order chi connectivity index (χ1) is 15.8. The third-order valence-electron chi connectivity index (χ3n) is 5.13. The number of nitriles is 1. The zero-order valence-corrected chi connectivity index (χ0v) is 19.9. The summed E-state index contributed by atoms with van der Waals surface area (Å²) in [5, 5.41) is 13.7. The third kappa shape index (κ3) is 5.53. The molecule has 2 aromatic carbocycles. The Balaban J connectivity index is 1.81. The molecule has 33 heavy (non-hydrogen) atoms. The number of rotatable bonds is 7. The lowest BCUT2D eigenvalue weighted by Gasteiger charge is -2.09. The number of methoxy groups -OCH3 is 1. The maximum Gasteiger partial charge on any atom is 0.358 e. The van der Waals surface area contributed by atoms with Crippen LogP contribution >= 0.6 is 11.8 Å². The monoisotopic (exact) mass is 482 g/mol. The van der Waals surface area contributed by atoms with Crippen LogP contribution in [-0.4, -0.2) is 26.5 Å². The molecule has 2 aromatic rings. The number of oxime groups is 1. The van der Waals surface area contributed by atoms with Crippen LogP contribution < -0.4 is 0 Å². The average molecular weight is 483 g/mol. The number of benzene rings is 2. The van der Waals surface area contributed by atoms with Gasteiger partial charge in [0.2, 0.25) is 0 Å². The predicted molar refractivity (Wildman–Crippen MR) is 128 cm³/mol. The Bertz CT molecular complexity index is 1290. The lowest BCUT2D eigenvalue weighted by molar-refractivity contribution is 0.0600. The molecule has 0 aliphatic carbocycles. The molecule has 0 saturated heterocycles. The minimum atomic E-state index is -4.09. The van der Waals surface area contributed by atoms with Crippen LogP contribution in [0.25, 0.3) is 5.57 Å². The van der Waals surface area contributed by atoms with E-state index in [-0.39, 0.29) is 21.1 Å². The van der Waals surface area contributed by atoms with E-state index in [9.17, 15) is 18.5 Å². The fraction of sp³-hybridized carbons (Fsp3) is 0.208. The van der Waals surface area contributed by atoms with E-state index >= 15 is 0 Å². The van der Waals surface area contributed by atoms with Crippen LogP contribution in [-0.2, 0) is 19.1 Å². The van der Waals surface area contributed by atoms with E-state index in [1.807, 2.05) is 0 Å². The van der Waals surface area contributed by atoms with Gasteiger partial charge in [-0.05, 0) is 48.3 Å². The first-order valence-electron chi connectivity index (χ1n) is 10.1. The molecule has 7 nitrogen and oxygen atoms in total. The molecule has 1 unspecified atom stereocenters. The third-order valence-corrected chi connectivity index (χ3v) is 7.23. The van der Waals surface area contributed by atoms with Crippen LogP contribution in [0.4, 0.5) is 0 Å². The number of esters is 1. The van der Waals surface area contributed by atoms with Gasteiger partial charge in [-0.1, -0.05) is 61.1 Å². The lowest BCUT2D eigenvalue weighted by Crippen LogP contribution is -2.05. The van der Waals surface area contributed by atoms with Gasteiger partial charge in [0.1, 0.15) is 16.0 Å². The van der Waals surface area contributed by atoms with Crippen LogP contribution in [0.1, 0.15) is 47.7 Å². The van der Waals surface area contributed by atoms with Gasteiger partial charge in [-0.15, -0.1) is 0 Å². The molecule has 0 fully saturated rings. The standard InChI is InChI=1S/C24H22N2O5S2/c1-4-16(2)17-9-11-18(12-10-17)33(28,29)31-26-23-14-13-22(32-23)21(15-25)19-7-5-6-8-20(19)24(27)30-3/h5-14,16H,4H2,1-3H3. The van der Waals surface area contributed by atoms with Crippen molar-refractivity contribution in [1.29, 1.82) is 5.26 Å². The highest BCUT2D eigenvalue weighted by Gasteiger charge is 2.22. The fourth-order valence-corrected chi connectivity index (χ4v) is 4.69. The number of nitrogens with zero attached hydrogens (tertiary/aromatic N) is 2. The van der Waals surface area contributed by atoms with Crippen LogP contribution in [0, 0.1) is 11.3 Å². The highest BCUT2D eigenvalue weighted by atomic mass is 32.2. The molecule has 0 spiro atoms. The Morgan fingerprint density at radius 3 is 2.39 bits per heavy atom. The molecule has 0 N–H and O–H groups in total. The Kier molecular flexibility index (Phi) is 7.74. The van der Waals surface area contributed by atoms with Crippen molar-refractivity contribution in [3.05, 3.63) is 82.3 Å². The summed E-state index contributed by atoms with van der Waals surface area (Å²) in [4.78, 5) is 12.6. The molecule has 0 saturated carbocycles. The van der Waals surface area contributed by atoms with E-state index in [2.05, 4.69) is 25.1 Å². The van der Waals surface area contributed by atoms with Crippen molar-refractivity contribution in [1.82, 2.24) is 0 Å². The van der Waals surface area contributed by atoms with E-state index in [0.29, 0.717) is 16.4 Å². The van der Waals surface area contributed by atoms with Gasteiger partial charge in [-0.25, -0.2) is 4.79 Å². The number of ether oxygens (including phenoxy) is 1. The summed E-state index contributed by atoms with van der Waals surface area (Å²) < 4.78 is 34.7. The maximum absolute atomic E-state index is 12.5. The predicted octanol–water partition coefficient (Wildman–Crippen LogP) is 5.24. The molecule has 170 valence electrons. The van der Waals surface area contributed by atoms with Crippen molar-refractivity contribution >= 4 is 38.5 Å². The average Bonchev–Trinajstić information content (AvgIpc) is 3.31. The smallest absolute Gasteiger partial charge is 0.358 e. The molecule has 1 heterocycles. The molecule has 0 aromatic heterocycles. The minimum absolute atomic E-state index is 0.00589. The maximum atomic E-state index is 12.5. The van der Waals surface area contributed by atoms with Crippen LogP contribution in [0.5, 0.6) is 0 Å². The summed E-state index contributed by atoms with van der Waals surface area (Å²) >= 11 is 1.07. The zero-order chi connectivity index (χ0) is 24.0. The molecule has 0 bridgehead atoms. The Morgan fingerprint density at radius 1 is 1.12 bits per heavy atom. The van der Waals surface area contributed by atoms with Crippen molar-refractivity contribution in [2.24, 2.45) is 5.16 Å². The number of carbonyl (C=O) groups is 1. The zero-order valence-electron chi connectivity index (χ0n) is 18.3. The molecule has 1 atom stereocenters. The molecule has 9 heteroatoms. The van der Waals surface area contributed by atoms with Crippen LogP contribution in [0.2, 0.25) is 0 Å².